The van der Waals surface area contributed by atoms with E-state index in [0.29, 0.717) is 10.9 Å². The summed E-state index contributed by atoms with van der Waals surface area (Å²) < 4.78 is 15.3. The fraction of sp³-hybridized carbons (Fsp3) is 0.459. The Morgan fingerprint density at radius 2 is 1.53 bits per heavy atom. The number of allylic oxidation sites excluding steroid dienone is 2. The highest BCUT2D eigenvalue weighted by atomic mass is 19.1. The monoisotopic (exact) mass is 508 g/mol. The number of unbranched alkanes of at least 4 members (excludes halogenated alkanes) is 3. The van der Waals surface area contributed by atoms with E-state index >= 15 is 4.39 Å². The van der Waals surface area contributed by atoms with Gasteiger partial charge in [0.1, 0.15) is 5.82 Å². The molecule has 0 saturated heterocycles. The lowest BCUT2D eigenvalue weighted by molar-refractivity contribution is 0.249. The van der Waals surface area contributed by atoms with Crippen LogP contribution in [0.4, 0.5) is 4.39 Å². The average Bonchev–Trinajstić information content (AvgIpc) is 2.95. The normalized spacial score (nSPS) is 17.6. The number of halogens is 1. The molecule has 200 valence electrons. The lowest BCUT2D eigenvalue weighted by Gasteiger charge is -2.28. The summed E-state index contributed by atoms with van der Waals surface area (Å²) >= 11 is 0. The first-order valence-electron chi connectivity index (χ1n) is 15.1. The number of aryl methyl sites for hydroxylation is 2. The van der Waals surface area contributed by atoms with Gasteiger partial charge in [0, 0.05) is 10.9 Å². The Morgan fingerprint density at radius 3 is 2.26 bits per heavy atom. The fourth-order valence-electron chi connectivity index (χ4n) is 5.94. The van der Waals surface area contributed by atoms with E-state index in [-0.39, 0.29) is 5.82 Å². The van der Waals surface area contributed by atoms with Crippen LogP contribution in [0.25, 0.3) is 10.8 Å². The van der Waals surface area contributed by atoms with E-state index in [2.05, 4.69) is 55.2 Å². The zero-order chi connectivity index (χ0) is 26.6. The van der Waals surface area contributed by atoms with E-state index in [1.807, 2.05) is 37.3 Å². The standard InChI is InChI=1S/C37H45F/c1-3-5-7-9-11-30-12-16-31(17-13-30)20-21-33-23-27-36-35(28-33)26-25-34(37(36)38)24-22-32-18-14-29(15-19-32)10-8-6-4-2/h4,6,14-15,18-19,23,25-28,30-31H,3,5,7-13,16-17,20-21H2,1-2H3/b6-4+. The van der Waals surface area contributed by atoms with Crippen LogP contribution in [0.5, 0.6) is 0 Å². The van der Waals surface area contributed by atoms with Crippen molar-refractivity contribution in [1.29, 1.82) is 0 Å². The fourth-order valence-corrected chi connectivity index (χ4v) is 5.94. The molecule has 1 saturated carbocycles. The van der Waals surface area contributed by atoms with Crippen LogP contribution < -0.4 is 0 Å². The van der Waals surface area contributed by atoms with Crippen molar-refractivity contribution < 1.29 is 4.39 Å². The Morgan fingerprint density at radius 1 is 0.789 bits per heavy atom. The van der Waals surface area contributed by atoms with E-state index in [4.69, 9.17) is 0 Å². The van der Waals surface area contributed by atoms with Crippen LogP contribution in [0.1, 0.15) is 107 Å². The zero-order valence-corrected chi connectivity index (χ0v) is 23.6. The SMILES string of the molecule is C/C=C/CCc1ccc(C#Cc2ccc3cc(CCC4CCC(CCCCCC)CC4)ccc3c2F)cc1. The predicted octanol–water partition coefficient (Wildman–Crippen LogP) is 10.6. The molecule has 0 amide bonds. The molecule has 1 fully saturated rings. The molecule has 1 heteroatoms. The molecule has 0 bridgehead atoms. The molecule has 0 aliphatic heterocycles. The molecule has 3 aromatic rings. The molecule has 1 aliphatic rings. The highest BCUT2D eigenvalue weighted by Gasteiger charge is 2.20. The highest BCUT2D eigenvalue weighted by molar-refractivity contribution is 5.85. The van der Waals surface area contributed by atoms with Crippen LogP contribution in [-0.4, -0.2) is 0 Å². The third-order valence-corrected chi connectivity index (χ3v) is 8.42. The van der Waals surface area contributed by atoms with Crippen molar-refractivity contribution in [1.82, 2.24) is 0 Å². The molecular weight excluding hydrogens is 463 g/mol. The lowest BCUT2D eigenvalue weighted by Crippen LogP contribution is -2.15. The van der Waals surface area contributed by atoms with Crippen molar-refractivity contribution in [3.63, 3.8) is 0 Å². The first-order valence-corrected chi connectivity index (χ1v) is 15.1. The lowest BCUT2D eigenvalue weighted by atomic mass is 9.77. The molecular formula is C37H45F. The molecule has 0 N–H and O–H groups in total. The maximum atomic E-state index is 15.3. The van der Waals surface area contributed by atoms with Crippen molar-refractivity contribution in [3.05, 3.63) is 94.8 Å². The molecule has 0 unspecified atom stereocenters. The third-order valence-electron chi connectivity index (χ3n) is 8.42. The number of hydrogen-bond donors (Lipinski definition) is 0. The molecule has 0 spiro atoms. The Balaban J connectivity index is 1.30. The Kier molecular flexibility index (Phi) is 11.1. The Bertz CT molecular complexity index is 1230. The van der Waals surface area contributed by atoms with E-state index in [0.717, 1.165) is 42.0 Å². The molecule has 3 aromatic carbocycles. The first kappa shape index (κ1) is 28.2. The summed E-state index contributed by atoms with van der Waals surface area (Å²) in [6, 6.07) is 18.4. The van der Waals surface area contributed by atoms with Crippen molar-refractivity contribution >= 4 is 10.8 Å². The van der Waals surface area contributed by atoms with Gasteiger partial charge in [0.05, 0.1) is 5.56 Å². The molecule has 1 aliphatic carbocycles. The molecule has 4 rings (SSSR count). The van der Waals surface area contributed by atoms with Gasteiger partial charge in [-0.15, -0.1) is 0 Å². The van der Waals surface area contributed by atoms with E-state index in [1.54, 1.807) is 0 Å². The van der Waals surface area contributed by atoms with Gasteiger partial charge >= 0.3 is 0 Å². The van der Waals surface area contributed by atoms with E-state index in [9.17, 15) is 0 Å². The predicted molar refractivity (Wildman–Crippen MR) is 162 cm³/mol. The number of benzene rings is 3. The summed E-state index contributed by atoms with van der Waals surface area (Å²) in [5, 5.41) is 1.65. The van der Waals surface area contributed by atoms with Crippen molar-refractivity contribution in [2.75, 3.05) is 0 Å². The third kappa shape index (κ3) is 8.33. The molecule has 0 radical (unpaired) electrons. The zero-order valence-electron chi connectivity index (χ0n) is 23.6. The van der Waals surface area contributed by atoms with Gasteiger partial charge in [-0.1, -0.05) is 125 Å². The van der Waals surface area contributed by atoms with Gasteiger partial charge < -0.3 is 0 Å². The van der Waals surface area contributed by atoms with Gasteiger partial charge in [0.25, 0.3) is 0 Å². The van der Waals surface area contributed by atoms with Gasteiger partial charge in [0.15, 0.2) is 0 Å². The van der Waals surface area contributed by atoms with Crippen molar-refractivity contribution in [3.8, 4) is 11.8 Å². The minimum absolute atomic E-state index is 0.207. The number of hydrogen-bond acceptors (Lipinski definition) is 0. The van der Waals surface area contributed by atoms with Crippen LogP contribution >= 0.6 is 0 Å². The molecule has 0 nitrogen and oxygen atoms in total. The van der Waals surface area contributed by atoms with Gasteiger partial charge in [-0.25, -0.2) is 4.39 Å². The second-order valence-corrected chi connectivity index (χ2v) is 11.3. The topological polar surface area (TPSA) is 0 Å². The summed E-state index contributed by atoms with van der Waals surface area (Å²) in [6.07, 6.45) is 21.3. The van der Waals surface area contributed by atoms with Gasteiger partial charge in [-0.3, -0.25) is 0 Å². The molecule has 38 heavy (non-hydrogen) atoms. The summed E-state index contributed by atoms with van der Waals surface area (Å²) in [7, 11) is 0. The first-order chi connectivity index (χ1) is 18.7. The quantitative estimate of drug-likeness (QED) is 0.137. The largest absolute Gasteiger partial charge is 0.205 e. The van der Waals surface area contributed by atoms with Crippen LogP contribution in [0.2, 0.25) is 0 Å². The second kappa shape index (κ2) is 14.9. The van der Waals surface area contributed by atoms with Gasteiger partial charge in [-0.2, -0.15) is 0 Å². The Hall–Kier alpha value is -2.85. The van der Waals surface area contributed by atoms with Gasteiger partial charge in [-0.05, 0) is 79.2 Å². The van der Waals surface area contributed by atoms with Crippen LogP contribution in [0.15, 0.2) is 66.7 Å². The van der Waals surface area contributed by atoms with Crippen LogP contribution in [-0.2, 0) is 12.8 Å². The maximum absolute atomic E-state index is 15.3. The molecule has 0 atom stereocenters. The van der Waals surface area contributed by atoms with Crippen LogP contribution in [0, 0.1) is 29.5 Å². The van der Waals surface area contributed by atoms with Crippen molar-refractivity contribution in [2.24, 2.45) is 11.8 Å². The molecule has 0 heterocycles. The minimum Gasteiger partial charge on any atom is -0.205 e. The maximum Gasteiger partial charge on any atom is 0.146 e. The Labute approximate surface area is 230 Å². The smallest absolute Gasteiger partial charge is 0.146 e. The number of fused-ring (bicyclic) bond motifs is 1. The average molecular weight is 509 g/mol. The summed E-state index contributed by atoms with van der Waals surface area (Å²) in [5.41, 5.74) is 4.01. The van der Waals surface area contributed by atoms with Crippen molar-refractivity contribution in [2.45, 2.75) is 97.3 Å². The summed E-state index contributed by atoms with van der Waals surface area (Å²) in [5.74, 6) is 7.83. The van der Waals surface area contributed by atoms with E-state index < -0.39 is 0 Å². The number of rotatable bonds is 11. The van der Waals surface area contributed by atoms with E-state index in [1.165, 1.54) is 75.3 Å². The summed E-state index contributed by atoms with van der Waals surface area (Å²) in [4.78, 5) is 0. The highest BCUT2D eigenvalue weighted by Crippen LogP contribution is 2.34. The summed E-state index contributed by atoms with van der Waals surface area (Å²) in [6.45, 7) is 4.34. The minimum atomic E-state index is -0.207. The van der Waals surface area contributed by atoms with Crippen LogP contribution in [0.3, 0.4) is 0 Å². The molecule has 0 aromatic heterocycles. The van der Waals surface area contributed by atoms with Gasteiger partial charge in [0.2, 0.25) is 0 Å². The second-order valence-electron chi connectivity index (χ2n) is 11.3.